The van der Waals surface area contributed by atoms with E-state index in [0.717, 1.165) is 51.4 Å². The fraction of sp³-hybridized carbons (Fsp3) is 1.00. The Kier molecular flexibility index (Phi) is 5.41. The van der Waals surface area contributed by atoms with Crippen LogP contribution in [-0.2, 0) is 28.4 Å². The summed E-state index contributed by atoms with van der Waals surface area (Å²) in [6.07, 6.45) is 16.4. The van der Waals surface area contributed by atoms with Crippen LogP contribution in [0, 0.1) is 0 Å². The van der Waals surface area contributed by atoms with Gasteiger partial charge in [0.25, 0.3) is 0 Å². The van der Waals surface area contributed by atoms with Crippen molar-refractivity contribution in [1.29, 1.82) is 0 Å². The van der Waals surface area contributed by atoms with Gasteiger partial charge in [-0.05, 0) is 38.5 Å². The van der Waals surface area contributed by atoms with Crippen molar-refractivity contribution >= 4 is 0 Å². The normalized spacial score (nSPS) is 42.4. The third-order valence-corrected chi connectivity index (χ3v) is 8.36. The quantitative estimate of drug-likeness (QED) is 0.649. The molecule has 0 radical (unpaired) electrons. The number of rotatable bonds is 2. The molecule has 3 saturated heterocycles. The van der Waals surface area contributed by atoms with Crippen LogP contribution >= 0.6 is 0 Å². The second-order valence-corrected chi connectivity index (χ2v) is 10.5. The molecule has 30 heavy (non-hydrogen) atoms. The number of hydrogen-bond acceptors (Lipinski definition) is 6. The largest absolute Gasteiger partial charge is 0.347 e. The van der Waals surface area contributed by atoms with E-state index >= 15 is 0 Å². The van der Waals surface area contributed by atoms with E-state index in [1.807, 2.05) is 0 Å². The third kappa shape index (κ3) is 3.65. The summed E-state index contributed by atoms with van der Waals surface area (Å²) in [7, 11) is 0. The molecule has 3 aliphatic carbocycles. The highest BCUT2D eigenvalue weighted by Crippen LogP contribution is 2.48. The van der Waals surface area contributed by atoms with Gasteiger partial charge in [0.05, 0.1) is 13.2 Å². The van der Waals surface area contributed by atoms with Gasteiger partial charge in [0.2, 0.25) is 0 Å². The molecule has 0 aromatic rings. The molecule has 3 heterocycles. The first kappa shape index (κ1) is 20.4. The van der Waals surface area contributed by atoms with E-state index in [1.54, 1.807) is 0 Å². The van der Waals surface area contributed by atoms with Crippen LogP contribution in [0.3, 0.4) is 0 Å². The highest BCUT2D eigenvalue weighted by molar-refractivity contribution is 5.00. The first-order valence-electron chi connectivity index (χ1n) is 12.7. The second-order valence-electron chi connectivity index (χ2n) is 10.5. The standard InChI is InChI=1S/C24H38O6/c1-4-10-22(11-5-1)25-16-18(27-22)20-21(30-24(29-20)14-8-3-9-15-24)19-17-26-23(28-19)12-6-2-7-13-23/h18-21H,1-17H2/t18-,19-,20-,21+/m1/s1. The summed E-state index contributed by atoms with van der Waals surface area (Å²) in [5.74, 6) is -1.25. The Bertz CT molecular complexity index is 559. The lowest BCUT2D eigenvalue weighted by molar-refractivity contribution is -0.221. The summed E-state index contributed by atoms with van der Waals surface area (Å²) in [5, 5.41) is 0. The van der Waals surface area contributed by atoms with Gasteiger partial charge in [-0.2, -0.15) is 0 Å². The molecule has 0 aromatic carbocycles. The zero-order chi connectivity index (χ0) is 20.1. The Balaban J connectivity index is 1.21. The summed E-state index contributed by atoms with van der Waals surface area (Å²) in [4.78, 5) is 0. The Morgan fingerprint density at radius 1 is 0.400 bits per heavy atom. The molecule has 4 atom stereocenters. The van der Waals surface area contributed by atoms with Crippen LogP contribution < -0.4 is 0 Å². The molecular formula is C24H38O6. The molecule has 0 unspecified atom stereocenters. The highest BCUT2D eigenvalue weighted by atomic mass is 16.8. The van der Waals surface area contributed by atoms with Gasteiger partial charge in [-0.15, -0.1) is 0 Å². The Morgan fingerprint density at radius 2 is 0.767 bits per heavy atom. The average molecular weight is 423 g/mol. The summed E-state index contributed by atoms with van der Waals surface area (Å²) in [6.45, 7) is 1.19. The number of ether oxygens (including phenoxy) is 6. The van der Waals surface area contributed by atoms with Crippen LogP contribution in [0.2, 0.25) is 0 Å². The maximum absolute atomic E-state index is 6.75. The minimum atomic E-state index is -0.467. The van der Waals surface area contributed by atoms with Crippen molar-refractivity contribution < 1.29 is 28.4 Å². The molecule has 0 N–H and O–H groups in total. The third-order valence-electron chi connectivity index (χ3n) is 8.36. The average Bonchev–Trinajstić information content (AvgIpc) is 3.47. The van der Waals surface area contributed by atoms with Gasteiger partial charge in [-0.3, -0.25) is 0 Å². The summed E-state index contributed by atoms with van der Waals surface area (Å²) < 4.78 is 39.3. The zero-order valence-corrected chi connectivity index (χ0v) is 18.3. The van der Waals surface area contributed by atoms with Gasteiger partial charge in [0, 0.05) is 38.5 Å². The summed E-state index contributed by atoms with van der Waals surface area (Å²) >= 11 is 0. The van der Waals surface area contributed by atoms with Crippen LogP contribution in [0.15, 0.2) is 0 Å². The van der Waals surface area contributed by atoms with Gasteiger partial charge in [0.1, 0.15) is 24.4 Å². The van der Waals surface area contributed by atoms with Crippen LogP contribution in [0.1, 0.15) is 96.3 Å². The highest BCUT2D eigenvalue weighted by Gasteiger charge is 2.59. The van der Waals surface area contributed by atoms with Crippen LogP contribution in [0.4, 0.5) is 0 Å². The van der Waals surface area contributed by atoms with E-state index in [0.29, 0.717) is 13.2 Å². The van der Waals surface area contributed by atoms with Crippen molar-refractivity contribution in [1.82, 2.24) is 0 Å². The lowest BCUT2D eigenvalue weighted by Crippen LogP contribution is -2.46. The molecule has 0 amide bonds. The Hall–Kier alpha value is -0.240. The first-order valence-corrected chi connectivity index (χ1v) is 12.7. The van der Waals surface area contributed by atoms with E-state index in [1.165, 1.54) is 44.9 Å². The molecule has 6 heteroatoms. The fourth-order valence-corrected chi connectivity index (χ4v) is 6.74. The smallest absolute Gasteiger partial charge is 0.169 e. The molecule has 6 aliphatic rings. The lowest BCUT2D eigenvalue weighted by Gasteiger charge is -2.34. The van der Waals surface area contributed by atoms with E-state index in [-0.39, 0.29) is 24.4 Å². The molecule has 3 aliphatic heterocycles. The molecule has 6 rings (SSSR count). The van der Waals surface area contributed by atoms with E-state index in [4.69, 9.17) is 28.4 Å². The predicted molar refractivity (Wildman–Crippen MR) is 109 cm³/mol. The van der Waals surface area contributed by atoms with E-state index in [2.05, 4.69) is 0 Å². The maximum atomic E-state index is 6.75. The molecule has 0 bridgehead atoms. The maximum Gasteiger partial charge on any atom is 0.169 e. The van der Waals surface area contributed by atoms with Crippen LogP contribution in [0.5, 0.6) is 0 Å². The van der Waals surface area contributed by atoms with E-state index in [9.17, 15) is 0 Å². The molecular weight excluding hydrogens is 384 g/mol. The van der Waals surface area contributed by atoms with Gasteiger partial charge in [-0.1, -0.05) is 19.3 Å². The van der Waals surface area contributed by atoms with Crippen molar-refractivity contribution in [2.45, 2.75) is 138 Å². The fourth-order valence-electron chi connectivity index (χ4n) is 6.74. The number of hydrogen-bond donors (Lipinski definition) is 0. The lowest BCUT2D eigenvalue weighted by atomic mass is 9.94. The molecule has 3 spiro atoms. The molecule has 6 fully saturated rings. The summed E-state index contributed by atoms with van der Waals surface area (Å²) in [5.41, 5.74) is 0. The minimum absolute atomic E-state index is 0.0825. The minimum Gasteiger partial charge on any atom is -0.347 e. The van der Waals surface area contributed by atoms with Gasteiger partial charge in [-0.25, -0.2) is 0 Å². The predicted octanol–water partition coefficient (Wildman–Crippen LogP) is 4.58. The van der Waals surface area contributed by atoms with Crippen LogP contribution in [0.25, 0.3) is 0 Å². The molecule has 170 valence electrons. The Morgan fingerprint density at radius 3 is 1.17 bits per heavy atom. The summed E-state index contributed by atoms with van der Waals surface area (Å²) in [6, 6.07) is 0. The second kappa shape index (κ2) is 7.96. The van der Waals surface area contributed by atoms with Gasteiger partial charge in [0.15, 0.2) is 17.4 Å². The van der Waals surface area contributed by atoms with Crippen molar-refractivity contribution in [3.63, 3.8) is 0 Å². The Labute approximate surface area is 180 Å². The monoisotopic (exact) mass is 422 g/mol. The SMILES string of the molecule is C1CCC2(CC1)O[C@@H]([C@H]1COC3(CCCCC3)O1)[C@@H]([C@H]1COC3(CCCCC3)O1)O2. The topological polar surface area (TPSA) is 55.4 Å². The zero-order valence-electron chi connectivity index (χ0n) is 18.3. The van der Waals surface area contributed by atoms with Gasteiger partial charge < -0.3 is 28.4 Å². The molecule has 3 saturated carbocycles. The first-order chi connectivity index (χ1) is 14.7. The van der Waals surface area contributed by atoms with Crippen molar-refractivity contribution in [3.05, 3.63) is 0 Å². The van der Waals surface area contributed by atoms with Crippen molar-refractivity contribution in [2.24, 2.45) is 0 Å². The molecule has 0 aromatic heterocycles. The van der Waals surface area contributed by atoms with Crippen LogP contribution in [-0.4, -0.2) is 55.0 Å². The van der Waals surface area contributed by atoms with E-state index < -0.39 is 17.4 Å². The van der Waals surface area contributed by atoms with Gasteiger partial charge >= 0.3 is 0 Å². The van der Waals surface area contributed by atoms with Crippen molar-refractivity contribution in [2.75, 3.05) is 13.2 Å². The van der Waals surface area contributed by atoms with Crippen molar-refractivity contribution in [3.8, 4) is 0 Å². The molecule has 6 nitrogen and oxygen atoms in total.